The molecule has 0 saturated carbocycles. The fourth-order valence-corrected chi connectivity index (χ4v) is 2.87. The standard InChI is InChI=1S/C19H27N5/c1-3-10-24-11-8-18(9-12-24)23-19(21-4-2)22-15-17-7-5-6-16(13-17)14-20/h3,5-7,13,18H,1,4,8-12,15H2,2H3,(H2,21,22,23). The maximum atomic E-state index is 8.98. The van der Waals surface area contributed by atoms with Gasteiger partial charge in [0.25, 0.3) is 0 Å². The van der Waals surface area contributed by atoms with E-state index in [1.165, 1.54) is 0 Å². The average Bonchev–Trinajstić information content (AvgIpc) is 2.62. The van der Waals surface area contributed by atoms with Gasteiger partial charge in [-0.15, -0.1) is 6.58 Å². The lowest BCUT2D eigenvalue weighted by Crippen LogP contribution is -2.48. The van der Waals surface area contributed by atoms with Crippen LogP contribution < -0.4 is 10.6 Å². The number of nitrogens with zero attached hydrogens (tertiary/aromatic N) is 3. The lowest BCUT2D eigenvalue weighted by molar-refractivity contribution is 0.225. The van der Waals surface area contributed by atoms with Gasteiger partial charge in [-0.05, 0) is 37.5 Å². The first-order valence-corrected chi connectivity index (χ1v) is 8.62. The van der Waals surface area contributed by atoms with E-state index in [9.17, 15) is 0 Å². The van der Waals surface area contributed by atoms with Crippen LogP contribution in [0.1, 0.15) is 30.9 Å². The highest BCUT2D eigenvalue weighted by molar-refractivity contribution is 5.80. The fourth-order valence-electron chi connectivity index (χ4n) is 2.87. The molecule has 0 atom stereocenters. The van der Waals surface area contributed by atoms with E-state index in [-0.39, 0.29) is 0 Å². The van der Waals surface area contributed by atoms with Gasteiger partial charge in [0.1, 0.15) is 0 Å². The zero-order valence-corrected chi connectivity index (χ0v) is 14.5. The summed E-state index contributed by atoms with van der Waals surface area (Å²) in [5.74, 6) is 0.849. The Balaban J connectivity index is 1.91. The predicted molar refractivity (Wildman–Crippen MR) is 98.8 cm³/mol. The fraction of sp³-hybridized carbons (Fsp3) is 0.474. The van der Waals surface area contributed by atoms with Crippen molar-refractivity contribution in [2.45, 2.75) is 32.4 Å². The van der Waals surface area contributed by atoms with Crippen LogP contribution in [0.15, 0.2) is 41.9 Å². The minimum absolute atomic E-state index is 0.453. The zero-order valence-electron chi connectivity index (χ0n) is 14.5. The molecular weight excluding hydrogens is 298 g/mol. The van der Waals surface area contributed by atoms with Crippen LogP contribution in [0.25, 0.3) is 0 Å². The van der Waals surface area contributed by atoms with Crippen LogP contribution in [0.4, 0.5) is 0 Å². The molecule has 0 aromatic heterocycles. The van der Waals surface area contributed by atoms with Gasteiger partial charge in [-0.3, -0.25) is 4.90 Å². The Kier molecular flexibility index (Phi) is 7.31. The van der Waals surface area contributed by atoms with Crippen molar-refractivity contribution in [1.82, 2.24) is 15.5 Å². The number of nitrogens with one attached hydrogen (secondary N) is 2. The van der Waals surface area contributed by atoms with Gasteiger partial charge in [-0.2, -0.15) is 5.26 Å². The number of hydrogen-bond acceptors (Lipinski definition) is 3. The van der Waals surface area contributed by atoms with Crippen molar-refractivity contribution in [2.75, 3.05) is 26.2 Å². The molecule has 1 aromatic rings. The molecule has 2 N–H and O–H groups in total. The topological polar surface area (TPSA) is 63.5 Å². The Morgan fingerprint density at radius 2 is 2.25 bits per heavy atom. The molecule has 0 spiro atoms. The third-order valence-corrected chi connectivity index (χ3v) is 4.14. The lowest BCUT2D eigenvalue weighted by Gasteiger charge is -2.32. The van der Waals surface area contributed by atoms with Gasteiger partial charge >= 0.3 is 0 Å². The van der Waals surface area contributed by atoms with E-state index in [4.69, 9.17) is 5.26 Å². The molecule has 0 radical (unpaired) electrons. The molecule has 5 nitrogen and oxygen atoms in total. The molecule has 1 saturated heterocycles. The molecule has 0 aliphatic carbocycles. The quantitative estimate of drug-likeness (QED) is 0.478. The van der Waals surface area contributed by atoms with Gasteiger partial charge in [-0.1, -0.05) is 18.2 Å². The van der Waals surface area contributed by atoms with Crippen molar-refractivity contribution in [3.63, 3.8) is 0 Å². The molecule has 1 aliphatic heterocycles. The first kappa shape index (κ1) is 18.0. The smallest absolute Gasteiger partial charge is 0.191 e. The van der Waals surface area contributed by atoms with Gasteiger partial charge < -0.3 is 10.6 Å². The highest BCUT2D eigenvalue weighted by Crippen LogP contribution is 2.10. The van der Waals surface area contributed by atoms with Crippen molar-refractivity contribution in [3.8, 4) is 6.07 Å². The largest absolute Gasteiger partial charge is 0.357 e. The van der Waals surface area contributed by atoms with Crippen molar-refractivity contribution < 1.29 is 0 Å². The van der Waals surface area contributed by atoms with E-state index in [1.807, 2.05) is 30.3 Å². The second-order valence-corrected chi connectivity index (χ2v) is 6.02. The Hall–Kier alpha value is -2.32. The Morgan fingerprint density at radius 3 is 2.92 bits per heavy atom. The lowest BCUT2D eigenvalue weighted by atomic mass is 10.1. The van der Waals surface area contributed by atoms with Crippen molar-refractivity contribution in [1.29, 1.82) is 5.26 Å². The molecule has 0 amide bonds. The van der Waals surface area contributed by atoms with Crippen molar-refractivity contribution >= 4 is 5.96 Å². The summed E-state index contributed by atoms with van der Waals surface area (Å²) in [4.78, 5) is 7.08. The Bertz CT molecular complexity index is 594. The second kappa shape index (κ2) is 9.74. The van der Waals surface area contributed by atoms with E-state index in [2.05, 4.69) is 40.1 Å². The molecule has 1 heterocycles. The summed E-state index contributed by atoms with van der Waals surface area (Å²) >= 11 is 0. The average molecular weight is 325 g/mol. The van der Waals surface area contributed by atoms with Crippen LogP contribution in [0.2, 0.25) is 0 Å². The van der Waals surface area contributed by atoms with E-state index in [0.29, 0.717) is 18.2 Å². The third kappa shape index (κ3) is 5.71. The van der Waals surface area contributed by atoms with Crippen molar-refractivity contribution in [2.24, 2.45) is 4.99 Å². The van der Waals surface area contributed by atoms with E-state index in [1.54, 1.807) is 0 Å². The minimum atomic E-state index is 0.453. The molecule has 5 heteroatoms. The Morgan fingerprint density at radius 1 is 1.46 bits per heavy atom. The summed E-state index contributed by atoms with van der Waals surface area (Å²) in [5.41, 5.74) is 1.72. The summed E-state index contributed by atoms with van der Waals surface area (Å²) in [6, 6.07) is 10.2. The predicted octanol–water partition coefficient (Wildman–Crippen LogP) is 2.26. The number of guanidine groups is 1. The summed E-state index contributed by atoms with van der Waals surface area (Å²) in [6.45, 7) is 10.4. The number of likely N-dealkylation sites (tertiary alicyclic amines) is 1. The van der Waals surface area contributed by atoms with E-state index < -0.39 is 0 Å². The summed E-state index contributed by atoms with van der Waals surface area (Å²) in [7, 11) is 0. The van der Waals surface area contributed by atoms with Crippen LogP contribution in [0.5, 0.6) is 0 Å². The van der Waals surface area contributed by atoms with Crippen LogP contribution in [0, 0.1) is 11.3 Å². The Labute approximate surface area is 145 Å². The molecule has 128 valence electrons. The monoisotopic (exact) mass is 325 g/mol. The SMILES string of the molecule is C=CCN1CCC(NC(=NCc2cccc(C#N)c2)NCC)CC1. The third-order valence-electron chi connectivity index (χ3n) is 4.14. The number of nitriles is 1. The second-order valence-electron chi connectivity index (χ2n) is 6.02. The van der Waals surface area contributed by atoms with Crippen LogP contribution in [0.3, 0.4) is 0 Å². The van der Waals surface area contributed by atoms with Crippen molar-refractivity contribution in [3.05, 3.63) is 48.0 Å². The molecule has 1 aromatic carbocycles. The number of piperidine rings is 1. The molecule has 0 bridgehead atoms. The molecule has 1 fully saturated rings. The molecule has 0 unspecified atom stereocenters. The molecule has 24 heavy (non-hydrogen) atoms. The number of rotatable bonds is 6. The van der Waals surface area contributed by atoms with Crippen LogP contribution in [-0.2, 0) is 6.54 Å². The van der Waals surface area contributed by atoms with Crippen LogP contribution >= 0.6 is 0 Å². The van der Waals surface area contributed by atoms with Gasteiger partial charge in [0.2, 0.25) is 0 Å². The maximum Gasteiger partial charge on any atom is 0.191 e. The van der Waals surface area contributed by atoms with Gasteiger partial charge in [0, 0.05) is 32.2 Å². The van der Waals surface area contributed by atoms with E-state index >= 15 is 0 Å². The molecule has 1 aliphatic rings. The first-order chi connectivity index (χ1) is 11.7. The highest BCUT2D eigenvalue weighted by Gasteiger charge is 2.18. The summed E-state index contributed by atoms with van der Waals surface area (Å²) in [6.07, 6.45) is 4.19. The normalized spacial score (nSPS) is 16.4. The first-order valence-electron chi connectivity index (χ1n) is 8.62. The molecule has 2 rings (SSSR count). The number of aliphatic imine (C=N–C) groups is 1. The number of benzene rings is 1. The van der Waals surface area contributed by atoms with Gasteiger partial charge in [-0.25, -0.2) is 4.99 Å². The molecular formula is C19H27N5. The maximum absolute atomic E-state index is 8.98. The van der Waals surface area contributed by atoms with Gasteiger partial charge in [0.15, 0.2) is 5.96 Å². The minimum Gasteiger partial charge on any atom is -0.357 e. The van der Waals surface area contributed by atoms with Crippen LogP contribution in [-0.4, -0.2) is 43.1 Å². The number of hydrogen-bond donors (Lipinski definition) is 2. The van der Waals surface area contributed by atoms with Gasteiger partial charge in [0.05, 0.1) is 18.2 Å². The zero-order chi connectivity index (χ0) is 17.2. The highest BCUT2D eigenvalue weighted by atomic mass is 15.2. The summed E-state index contributed by atoms with van der Waals surface area (Å²) in [5, 5.41) is 15.8. The van der Waals surface area contributed by atoms with E-state index in [0.717, 1.165) is 50.5 Å². The summed E-state index contributed by atoms with van der Waals surface area (Å²) < 4.78 is 0.